The van der Waals surface area contributed by atoms with Crippen molar-refractivity contribution in [2.45, 2.75) is 19.9 Å². The van der Waals surface area contributed by atoms with E-state index in [1.165, 1.54) is 0 Å². The average molecular weight is 319 g/mol. The van der Waals surface area contributed by atoms with Crippen molar-refractivity contribution < 1.29 is 5.11 Å². The maximum Gasteiger partial charge on any atom is 0.229 e. The molecule has 0 saturated carbocycles. The summed E-state index contributed by atoms with van der Waals surface area (Å²) in [6.45, 7) is 8.69. The van der Waals surface area contributed by atoms with Gasteiger partial charge < -0.3 is 15.3 Å². The fourth-order valence-corrected chi connectivity index (χ4v) is 2.85. The first-order valence-corrected chi connectivity index (χ1v) is 8.13. The molecule has 0 aromatic carbocycles. The van der Waals surface area contributed by atoms with E-state index in [0.29, 0.717) is 6.04 Å². The minimum absolute atomic E-state index is 0.208. The van der Waals surface area contributed by atoms with Crippen LogP contribution in [-0.4, -0.2) is 75.1 Å². The number of aromatic nitrogens is 4. The fourth-order valence-electron chi connectivity index (χ4n) is 2.85. The quantitative estimate of drug-likeness (QED) is 0.820. The standard InChI is InChI=1S/C15H25N7O/c1-11(2)17-13-12-10-16-20(3)14(12)19-15(18-13)22-6-4-21(5-7-22)8-9-23/h10-11,23H,4-9H2,1-3H3,(H,17,18,19). The summed E-state index contributed by atoms with van der Waals surface area (Å²) in [5.41, 5.74) is 0.843. The van der Waals surface area contributed by atoms with Crippen molar-refractivity contribution in [2.75, 3.05) is 49.5 Å². The highest BCUT2D eigenvalue weighted by Crippen LogP contribution is 2.24. The summed E-state index contributed by atoms with van der Waals surface area (Å²) >= 11 is 0. The van der Waals surface area contributed by atoms with E-state index in [-0.39, 0.29) is 6.61 Å². The molecule has 1 fully saturated rings. The molecule has 1 saturated heterocycles. The van der Waals surface area contributed by atoms with Gasteiger partial charge in [-0.2, -0.15) is 15.1 Å². The number of aryl methyl sites for hydroxylation is 1. The Labute approximate surface area is 136 Å². The summed E-state index contributed by atoms with van der Waals surface area (Å²) in [5, 5.41) is 17.7. The highest BCUT2D eigenvalue weighted by atomic mass is 16.3. The van der Waals surface area contributed by atoms with Gasteiger partial charge in [-0.25, -0.2) is 0 Å². The molecule has 8 heteroatoms. The van der Waals surface area contributed by atoms with Crippen molar-refractivity contribution in [3.05, 3.63) is 6.20 Å². The van der Waals surface area contributed by atoms with Gasteiger partial charge in [-0.3, -0.25) is 9.58 Å². The summed E-state index contributed by atoms with van der Waals surface area (Å²) in [7, 11) is 1.90. The van der Waals surface area contributed by atoms with Crippen LogP contribution in [0.15, 0.2) is 6.20 Å². The lowest BCUT2D eigenvalue weighted by atomic mass is 10.3. The maximum atomic E-state index is 9.05. The maximum absolute atomic E-state index is 9.05. The lowest BCUT2D eigenvalue weighted by molar-refractivity contribution is 0.188. The molecule has 0 spiro atoms. The zero-order valence-corrected chi connectivity index (χ0v) is 14.0. The van der Waals surface area contributed by atoms with Crippen LogP contribution in [0.2, 0.25) is 0 Å². The van der Waals surface area contributed by atoms with Crippen molar-refractivity contribution in [2.24, 2.45) is 7.05 Å². The summed E-state index contributed by atoms with van der Waals surface area (Å²) in [5.74, 6) is 1.58. The summed E-state index contributed by atoms with van der Waals surface area (Å²) < 4.78 is 1.79. The molecule has 2 aromatic rings. The molecule has 23 heavy (non-hydrogen) atoms. The number of aliphatic hydroxyl groups is 1. The molecule has 1 aliphatic heterocycles. The smallest absolute Gasteiger partial charge is 0.229 e. The number of β-amino-alcohol motifs (C(OH)–C–C–N with tert-alkyl or cyclic N) is 1. The second-order valence-electron chi connectivity index (χ2n) is 6.23. The largest absolute Gasteiger partial charge is 0.395 e. The molecule has 1 aliphatic rings. The number of fused-ring (bicyclic) bond motifs is 1. The number of nitrogens with zero attached hydrogens (tertiary/aromatic N) is 6. The van der Waals surface area contributed by atoms with Crippen molar-refractivity contribution in [3.8, 4) is 0 Å². The summed E-state index contributed by atoms with van der Waals surface area (Å²) in [6.07, 6.45) is 1.81. The molecule has 0 atom stereocenters. The number of anilines is 2. The van der Waals surface area contributed by atoms with Crippen LogP contribution in [0.5, 0.6) is 0 Å². The zero-order valence-electron chi connectivity index (χ0n) is 14.0. The van der Waals surface area contributed by atoms with Crippen LogP contribution in [0.1, 0.15) is 13.8 Å². The van der Waals surface area contributed by atoms with Crippen molar-refractivity contribution in [1.29, 1.82) is 0 Å². The van der Waals surface area contributed by atoms with Crippen LogP contribution in [0.25, 0.3) is 11.0 Å². The van der Waals surface area contributed by atoms with Crippen molar-refractivity contribution in [1.82, 2.24) is 24.6 Å². The summed E-state index contributed by atoms with van der Waals surface area (Å²) in [4.78, 5) is 13.9. The van der Waals surface area contributed by atoms with Gasteiger partial charge in [0.15, 0.2) is 5.65 Å². The number of nitrogens with one attached hydrogen (secondary N) is 1. The first kappa shape index (κ1) is 15.9. The lowest BCUT2D eigenvalue weighted by Gasteiger charge is -2.34. The van der Waals surface area contributed by atoms with E-state index in [0.717, 1.165) is 55.5 Å². The molecule has 3 heterocycles. The first-order chi connectivity index (χ1) is 11.1. The van der Waals surface area contributed by atoms with Gasteiger partial charge in [0.1, 0.15) is 5.82 Å². The van der Waals surface area contributed by atoms with Gasteiger partial charge >= 0.3 is 0 Å². The topological polar surface area (TPSA) is 82.3 Å². The minimum atomic E-state index is 0.208. The second kappa shape index (κ2) is 6.67. The van der Waals surface area contributed by atoms with E-state index < -0.39 is 0 Å². The molecule has 0 aliphatic carbocycles. The number of aliphatic hydroxyl groups excluding tert-OH is 1. The van der Waals surface area contributed by atoms with Gasteiger partial charge in [0.2, 0.25) is 5.95 Å². The van der Waals surface area contributed by atoms with Gasteiger partial charge in [-0.1, -0.05) is 0 Å². The Morgan fingerprint density at radius 1 is 1.22 bits per heavy atom. The zero-order chi connectivity index (χ0) is 16.4. The first-order valence-electron chi connectivity index (χ1n) is 8.13. The Morgan fingerprint density at radius 3 is 2.61 bits per heavy atom. The SMILES string of the molecule is CC(C)Nc1nc(N2CCN(CCO)CC2)nc2c1cnn2C. The van der Waals surface area contributed by atoms with E-state index in [2.05, 4.69) is 34.1 Å². The predicted octanol–water partition coefficient (Wildman–Crippen LogP) is 0.298. The molecule has 0 amide bonds. The van der Waals surface area contributed by atoms with Crippen LogP contribution in [0.4, 0.5) is 11.8 Å². The van der Waals surface area contributed by atoms with Crippen LogP contribution in [0, 0.1) is 0 Å². The van der Waals surface area contributed by atoms with E-state index in [4.69, 9.17) is 15.1 Å². The monoisotopic (exact) mass is 319 g/mol. The van der Waals surface area contributed by atoms with E-state index in [9.17, 15) is 0 Å². The highest BCUT2D eigenvalue weighted by Gasteiger charge is 2.21. The molecule has 2 N–H and O–H groups in total. The van der Waals surface area contributed by atoms with E-state index >= 15 is 0 Å². The number of rotatable bonds is 5. The van der Waals surface area contributed by atoms with E-state index in [1.807, 2.05) is 13.2 Å². The average Bonchev–Trinajstić information content (AvgIpc) is 2.90. The predicted molar refractivity (Wildman–Crippen MR) is 90.8 cm³/mol. The third-order valence-electron chi connectivity index (χ3n) is 4.08. The van der Waals surface area contributed by atoms with Gasteiger partial charge in [0.25, 0.3) is 0 Å². The Hall–Kier alpha value is -1.93. The number of hydrogen-bond acceptors (Lipinski definition) is 7. The molecule has 3 rings (SSSR count). The lowest BCUT2D eigenvalue weighted by Crippen LogP contribution is -2.47. The third-order valence-corrected chi connectivity index (χ3v) is 4.08. The van der Waals surface area contributed by atoms with E-state index in [1.54, 1.807) is 4.68 Å². The Kier molecular flexibility index (Phi) is 4.63. The van der Waals surface area contributed by atoms with Gasteiger partial charge in [0, 0.05) is 45.8 Å². The molecule has 126 valence electrons. The van der Waals surface area contributed by atoms with Crippen LogP contribution >= 0.6 is 0 Å². The van der Waals surface area contributed by atoms with Gasteiger partial charge in [-0.05, 0) is 13.8 Å². The second-order valence-corrected chi connectivity index (χ2v) is 6.23. The summed E-state index contributed by atoms with van der Waals surface area (Å²) in [6, 6.07) is 0.294. The van der Waals surface area contributed by atoms with Crippen LogP contribution in [0.3, 0.4) is 0 Å². The van der Waals surface area contributed by atoms with Gasteiger partial charge in [-0.15, -0.1) is 0 Å². The fraction of sp³-hybridized carbons (Fsp3) is 0.667. The Morgan fingerprint density at radius 2 is 1.96 bits per heavy atom. The minimum Gasteiger partial charge on any atom is -0.395 e. The Balaban J connectivity index is 1.87. The third kappa shape index (κ3) is 3.37. The van der Waals surface area contributed by atoms with Crippen molar-refractivity contribution in [3.63, 3.8) is 0 Å². The molecular weight excluding hydrogens is 294 g/mol. The van der Waals surface area contributed by atoms with Crippen LogP contribution in [-0.2, 0) is 7.05 Å². The van der Waals surface area contributed by atoms with Crippen molar-refractivity contribution >= 4 is 22.8 Å². The van der Waals surface area contributed by atoms with Crippen LogP contribution < -0.4 is 10.2 Å². The molecular formula is C15H25N7O. The molecule has 0 radical (unpaired) electrons. The molecule has 8 nitrogen and oxygen atoms in total. The number of hydrogen-bond donors (Lipinski definition) is 2. The van der Waals surface area contributed by atoms with Gasteiger partial charge in [0.05, 0.1) is 18.2 Å². The molecule has 2 aromatic heterocycles. The Bertz CT molecular complexity index is 661. The molecule has 0 bridgehead atoms. The molecule has 0 unspecified atom stereocenters. The normalized spacial score (nSPS) is 16.5. The number of piperazine rings is 1. The highest BCUT2D eigenvalue weighted by molar-refractivity contribution is 5.87.